The lowest BCUT2D eigenvalue weighted by Gasteiger charge is -2.28. The number of likely N-dealkylation sites (tertiary alicyclic amines) is 1. The molecule has 2 atom stereocenters. The van der Waals surface area contributed by atoms with Crippen molar-refractivity contribution < 1.29 is 4.39 Å². The Balaban J connectivity index is 2.33. The Bertz CT molecular complexity index is 411. The molecule has 1 fully saturated rings. The molecule has 2 rings (SSSR count). The molecule has 18 heavy (non-hydrogen) atoms. The van der Waals surface area contributed by atoms with Crippen molar-refractivity contribution >= 4 is 11.6 Å². The van der Waals surface area contributed by atoms with Gasteiger partial charge in [-0.05, 0) is 57.2 Å². The first kappa shape index (κ1) is 13.8. The number of hydrogen-bond donors (Lipinski definition) is 1. The van der Waals surface area contributed by atoms with Crippen molar-refractivity contribution in [1.29, 1.82) is 0 Å². The van der Waals surface area contributed by atoms with Crippen LogP contribution in [0.2, 0.25) is 5.02 Å². The van der Waals surface area contributed by atoms with Gasteiger partial charge in [0, 0.05) is 16.6 Å². The quantitative estimate of drug-likeness (QED) is 0.905. The molecule has 100 valence electrons. The second-order valence-corrected chi connectivity index (χ2v) is 5.28. The molecule has 0 radical (unpaired) electrons. The molecule has 2 nitrogen and oxygen atoms in total. The van der Waals surface area contributed by atoms with Gasteiger partial charge in [0.15, 0.2) is 0 Å². The summed E-state index contributed by atoms with van der Waals surface area (Å²) in [5, 5.41) is 3.81. The monoisotopic (exact) mass is 270 g/mol. The Kier molecular flexibility index (Phi) is 4.60. The van der Waals surface area contributed by atoms with Crippen LogP contribution in [-0.4, -0.2) is 31.6 Å². The highest BCUT2D eigenvalue weighted by atomic mass is 35.5. The van der Waals surface area contributed by atoms with Crippen LogP contribution in [0.15, 0.2) is 18.2 Å². The minimum absolute atomic E-state index is 0.140. The van der Waals surface area contributed by atoms with Crippen LogP contribution in [0.25, 0.3) is 0 Å². The summed E-state index contributed by atoms with van der Waals surface area (Å²) in [5.41, 5.74) is 0.738. The molecular formula is C14H20ClFN2. The Hall–Kier alpha value is -0.640. The lowest BCUT2D eigenvalue weighted by Crippen LogP contribution is -2.29. The van der Waals surface area contributed by atoms with Gasteiger partial charge in [-0.3, -0.25) is 4.90 Å². The maximum atomic E-state index is 14.0. The van der Waals surface area contributed by atoms with Crippen LogP contribution in [-0.2, 0) is 0 Å². The third-order valence-electron chi connectivity index (χ3n) is 3.78. The first-order valence-corrected chi connectivity index (χ1v) is 6.88. The van der Waals surface area contributed by atoms with Gasteiger partial charge < -0.3 is 5.32 Å². The molecule has 0 amide bonds. The first-order chi connectivity index (χ1) is 8.67. The summed E-state index contributed by atoms with van der Waals surface area (Å²) in [6.07, 6.45) is 1.10. The third kappa shape index (κ3) is 2.68. The molecule has 4 heteroatoms. The van der Waals surface area contributed by atoms with E-state index in [1.54, 1.807) is 12.1 Å². The smallest absolute Gasteiger partial charge is 0.128 e. The number of nitrogens with one attached hydrogen (secondary N) is 1. The summed E-state index contributed by atoms with van der Waals surface area (Å²) in [4.78, 5) is 2.33. The van der Waals surface area contributed by atoms with Gasteiger partial charge in [-0.2, -0.15) is 0 Å². The summed E-state index contributed by atoms with van der Waals surface area (Å²) in [6, 6.07) is 5.00. The van der Waals surface area contributed by atoms with Gasteiger partial charge in [0.1, 0.15) is 5.82 Å². The maximum absolute atomic E-state index is 14.0. The van der Waals surface area contributed by atoms with Crippen molar-refractivity contribution in [3.8, 4) is 0 Å². The standard InChI is InChI=1S/C14H20ClFN2/c1-3-18-7-6-10(9-17-2)14(18)12-8-11(15)4-5-13(12)16/h4-5,8,10,14,17H,3,6-7,9H2,1-2H3. The predicted molar refractivity (Wildman–Crippen MR) is 73.4 cm³/mol. The summed E-state index contributed by atoms with van der Waals surface area (Å²) in [7, 11) is 1.94. The molecule has 0 saturated carbocycles. The zero-order valence-corrected chi connectivity index (χ0v) is 11.7. The number of rotatable bonds is 4. The van der Waals surface area contributed by atoms with Crippen molar-refractivity contribution in [1.82, 2.24) is 10.2 Å². The van der Waals surface area contributed by atoms with Crippen molar-refractivity contribution in [2.45, 2.75) is 19.4 Å². The second kappa shape index (κ2) is 6.00. The minimum atomic E-state index is -0.147. The summed E-state index contributed by atoms with van der Waals surface area (Å²) in [5.74, 6) is 0.300. The van der Waals surface area contributed by atoms with Gasteiger partial charge in [0.25, 0.3) is 0 Å². The topological polar surface area (TPSA) is 15.3 Å². The first-order valence-electron chi connectivity index (χ1n) is 6.51. The molecule has 0 bridgehead atoms. The summed E-state index contributed by atoms with van der Waals surface area (Å²) >= 11 is 6.01. The van der Waals surface area contributed by atoms with Gasteiger partial charge in [0.05, 0.1) is 0 Å². The Morgan fingerprint density at radius 2 is 2.28 bits per heavy atom. The van der Waals surface area contributed by atoms with Crippen molar-refractivity contribution in [3.63, 3.8) is 0 Å². The molecule has 1 aromatic carbocycles. The molecule has 0 aromatic heterocycles. The van der Waals surface area contributed by atoms with Gasteiger partial charge in [-0.25, -0.2) is 4.39 Å². The van der Waals surface area contributed by atoms with Crippen molar-refractivity contribution in [3.05, 3.63) is 34.6 Å². The highest BCUT2D eigenvalue weighted by Gasteiger charge is 2.35. The van der Waals surface area contributed by atoms with Crippen LogP contribution in [0.3, 0.4) is 0 Å². The largest absolute Gasteiger partial charge is 0.319 e. The van der Waals surface area contributed by atoms with E-state index >= 15 is 0 Å². The average molecular weight is 271 g/mol. The molecule has 1 heterocycles. The number of benzene rings is 1. The van der Waals surface area contributed by atoms with Gasteiger partial charge >= 0.3 is 0 Å². The molecule has 1 aliphatic heterocycles. The van der Waals surface area contributed by atoms with Crippen LogP contribution in [0.1, 0.15) is 24.9 Å². The summed E-state index contributed by atoms with van der Waals surface area (Å²) in [6.45, 7) is 5.00. The van der Waals surface area contributed by atoms with Crippen molar-refractivity contribution in [2.24, 2.45) is 5.92 Å². The van der Waals surface area contributed by atoms with Gasteiger partial charge in [-0.15, -0.1) is 0 Å². The normalized spacial score (nSPS) is 24.7. The fourth-order valence-corrected chi connectivity index (χ4v) is 3.13. The van der Waals surface area contributed by atoms with E-state index in [2.05, 4.69) is 17.1 Å². The highest BCUT2D eigenvalue weighted by Crippen LogP contribution is 2.38. The lowest BCUT2D eigenvalue weighted by molar-refractivity contribution is 0.233. The van der Waals surface area contributed by atoms with Crippen molar-refractivity contribution in [2.75, 3.05) is 26.7 Å². The Morgan fingerprint density at radius 3 is 2.94 bits per heavy atom. The van der Waals surface area contributed by atoms with Crippen LogP contribution in [0, 0.1) is 11.7 Å². The van der Waals surface area contributed by atoms with Gasteiger partial charge in [-0.1, -0.05) is 18.5 Å². The zero-order valence-electron chi connectivity index (χ0n) is 10.9. The number of nitrogens with zero attached hydrogens (tertiary/aromatic N) is 1. The van der Waals surface area contributed by atoms with E-state index in [0.717, 1.165) is 31.6 Å². The highest BCUT2D eigenvalue weighted by molar-refractivity contribution is 6.30. The fourth-order valence-electron chi connectivity index (χ4n) is 2.95. The molecule has 1 N–H and O–H groups in total. The fraction of sp³-hybridized carbons (Fsp3) is 0.571. The molecule has 0 aliphatic carbocycles. The molecule has 0 spiro atoms. The average Bonchev–Trinajstić information content (AvgIpc) is 2.75. The van der Waals surface area contributed by atoms with E-state index in [-0.39, 0.29) is 11.9 Å². The predicted octanol–water partition coefficient (Wildman–Crippen LogP) is 3.08. The summed E-state index contributed by atoms with van der Waals surface area (Å²) < 4.78 is 14.0. The SMILES string of the molecule is CCN1CCC(CNC)C1c1cc(Cl)ccc1F. The number of halogens is 2. The van der Waals surface area contributed by atoms with E-state index in [1.165, 1.54) is 6.07 Å². The Labute approximate surface area is 113 Å². The van der Waals surface area contributed by atoms with Crippen LogP contribution >= 0.6 is 11.6 Å². The molecule has 2 unspecified atom stereocenters. The van der Waals surface area contributed by atoms with E-state index in [4.69, 9.17) is 11.6 Å². The lowest BCUT2D eigenvalue weighted by atomic mass is 9.93. The Morgan fingerprint density at radius 1 is 1.50 bits per heavy atom. The van der Waals surface area contributed by atoms with Crippen LogP contribution in [0.5, 0.6) is 0 Å². The molecule has 1 aromatic rings. The molecule has 1 aliphatic rings. The zero-order chi connectivity index (χ0) is 13.1. The molecule has 1 saturated heterocycles. The van der Waals surface area contributed by atoms with E-state index < -0.39 is 0 Å². The number of hydrogen-bond acceptors (Lipinski definition) is 2. The van der Waals surface area contributed by atoms with Crippen LogP contribution in [0.4, 0.5) is 4.39 Å². The molecular weight excluding hydrogens is 251 g/mol. The van der Waals surface area contributed by atoms with Crippen LogP contribution < -0.4 is 5.32 Å². The van der Waals surface area contributed by atoms with E-state index in [0.29, 0.717) is 10.9 Å². The van der Waals surface area contributed by atoms with Gasteiger partial charge in [0.2, 0.25) is 0 Å². The van der Waals surface area contributed by atoms with E-state index in [1.807, 2.05) is 7.05 Å². The second-order valence-electron chi connectivity index (χ2n) is 4.85. The van der Waals surface area contributed by atoms with E-state index in [9.17, 15) is 4.39 Å². The third-order valence-corrected chi connectivity index (χ3v) is 4.01. The minimum Gasteiger partial charge on any atom is -0.319 e. The maximum Gasteiger partial charge on any atom is 0.128 e.